The third kappa shape index (κ3) is 2.71. The van der Waals surface area contributed by atoms with Crippen LogP contribution < -0.4 is 0 Å². The molecule has 0 aliphatic carbocycles. The molecule has 1 aliphatic heterocycles. The third-order valence-electron chi connectivity index (χ3n) is 3.18. The number of hydrogen-bond donors (Lipinski definition) is 0. The predicted molar refractivity (Wildman–Crippen MR) is 52.4 cm³/mol. The Labute approximate surface area is 80.7 Å². The fraction of sp³-hybridized carbons (Fsp3) is 0.909. The van der Waals surface area contributed by atoms with Gasteiger partial charge < -0.3 is 4.74 Å². The van der Waals surface area contributed by atoms with Gasteiger partial charge in [-0.3, -0.25) is 4.79 Å². The second-order valence-electron chi connectivity index (χ2n) is 4.88. The van der Waals surface area contributed by atoms with Crippen LogP contribution in [0, 0.1) is 11.3 Å². The molecule has 13 heavy (non-hydrogen) atoms. The monoisotopic (exact) mass is 184 g/mol. The smallest absolute Gasteiger partial charge is 0.306 e. The first-order valence-corrected chi connectivity index (χ1v) is 5.14. The van der Waals surface area contributed by atoms with Gasteiger partial charge in [-0.25, -0.2) is 0 Å². The van der Waals surface area contributed by atoms with Gasteiger partial charge in [-0.2, -0.15) is 0 Å². The number of hydrogen-bond acceptors (Lipinski definition) is 2. The van der Waals surface area contributed by atoms with Gasteiger partial charge in [0.25, 0.3) is 0 Å². The van der Waals surface area contributed by atoms with Gasteiger partial charge in [-0.1, -0.05) is 27.2 Å². The molecule has 1 fully saturated rings. The molecule has 2 atom stereocenters. The van der Waals surface area contributed by atoms with E-state index >= 15 is 0 Å². The molecule has 0 saturated carbocycles. The third-order valence-corrected chi connectivity index (χ3v) is 3.18. The average Bonchev–Trinajstić information content (AvgIpc) is 2.30. The van der Waals surface area contributed by atoms with E-state index in [1.807, 2.05) is 6.92 Å². The summed E-state index contributed by atoms with van der Waals surface area (Å²) in [5.41, 5.74) is 0.340. The predicted octanol–water partition coefficient (Wildman–Crippen LogP) is 2.76. The molecule has 0 N–H and O–H groups in total. The largest absolute Gasteiger partial charge is 0.462 e. The SMILES string of the molecule is CCC(C)(C)CC1CC(=O)OC1C. The van der Waals surface area contributed by atoms with Crippen molar-refractivity contribution in [3.05, 3.63) is 0 Å². The van der Waals surface area contributed by atoms with E-state index in [0.29, 0.717) is 17.8 Å². The zero-order chi connectivity index (χ0) is 10.1. The van der Waals surface area contributed by atoms with Crippen LogP contribution in [-0.2, 0) is 9.53 Å². The maximum absolute atomic E-state index is 11.0. The minimum absolute atomic E-state index is 0.0237. The Hall–Kier alpha value is -0.530. The lowest BCUT2D eigenvalue weighted by molar-refractivity contribution is -0.140. The zero-order valence-corrected chi connectivity index (χ0v) is 9.09. The van der Waals surface area contributed by atoms with Crippen molar-refractivity contribution in [1.82, 2.24) is 0 Å². The lowest BCUT2D eigenvalue weighted by Crippen LogP contribution is -2.20. The summed E-state index contributed by atoms with van der Waals surface area (Å²) in [5.74, 6) is 0.409. The molecule has 0 amide bonds. The van der Waals surface area contributed by atoms with Crippen molar-refractivity contribution >= 4 is 5.97 Å². The summed E-state index contributed by atoms with van der Waals surface area (Å²) in [4.78, 5) is 11.0. The fourth-order valence-corrected chi connectivity index (χ4v) is 1.82. The van der Waals surface area contributed by atoms with E-state index in [9.17, 15) is 4.79 Å². The van der Waals surface area contributed by atoms with Crippen LogP contribution in [0.1, 0.15) is 47.0 Å². The van der Waals surface area contributed by atoms with Crippen LogP contribution in [0.4, 0.5) is 0 Å². The molecule has 0 aromatic heterocycles. The minimum atomic E-state index is -0.0237. The summed E-state index contributed by atoms with van der Waals surface area (Å²) in [6.45, 7) is 8.70. The first kappa shape index (κ1) is 10.6. The van der Waals surface area contributed by atoms with Gasteiger partial charge in [-0.15, -0.1) is 0 Å². The topological polar surface area (TPSA) is 26.3 Å². The van der Waals surface area contributed by atoms with E-state index in [1.54, 1.807) is 0 Å². The second kappa shape index (κ2) is 3.69. The summed E-state index contributed by atoms with van der Waals surface area (Å²) in [6, 6.07) is 0. The molecule has 1 aliphatic rings. The lowest BCUT2D eigenvalue weighted by Gasteiger charge is -2.26. The number of rotatable bonds is 3. The Balaban J connectivity index is 2.50. The first-order valence-electron chi connectivity index (χ1n) is 5.14. The molecule has 2 nitrogen and oxygen atoms in total. The minimum Gasteiger partial charge on any atom is -0.462 e. The van der Waals surface area contributed by atoms with Gasteiger partial charge in [0.2, 0.25) is 0 Å². The molecule has 76 valence electrons. The molecule has 0 spiro atoms. The van der Waals surface area contributed by atoms with Gasteiger partial charge in [0.05, 0.1) is 6.42 Å². The van der Waals surface area contributed by atoms with Crippen molar-refractivity contribution in [3.63, 3.8) is 0 Å². The molecular weight excluding hydrogens is 164 g/mol. The number of carbonyl (C=O) groups excluding carboxylic acids is 1. The molecule has 0 aromatic rings. The zero-order valence-electron chi connectivity index (χ0n) is 9.09. The lowest BCUT2D eigenvalue weighted by atomic mass is 9.78. The number of ether oxygens (including phenoxy) is 1. The van der Waals surface area contributed by atoms with Gasteiger partial charge >= 0.3 is 5.97 Å². The Bertz CT molecular complexity index is 196. The van der Waals surface area contributed by atoms with E-state index in [4.69, 9.17) is 4.74 Å². The second-order valence-corrected chi connectivity index (χ2v) is 4.88. The molecule has 0 bridgehead atoms. The molecule has 2 unspecified atom stereocenters. The molecule has 0 aromatic carbocycles. The Kier molecular flexibility index (Phi) is 2.99. The van der Waals surface area contributed by atoms with E-state index in [-0.39, 0.29) is 12.1 Å². The Morgan fingerprint density at radius 2 is 2.15 bits per heavy atom. The van der Waals surface area contributed by atoms with Crippen molar-refractivity contribution in [1.29, 1.82) is 0 Å². The summed E-state index contributed by atoms with van der Waals surface area (Å²) in [7, 11) is 0. The Morgan fingerprint density at radius 1 is 1.54 bits per heavy atom. The molecule has 1 rings (SSSR count). The van der Waals surface area contributed by atoms with E-state index in [0.717, 1.165) is 12.8 Å². The van der Waals surface area contributed by atoms with E-state index in [2.05, 4.69) is 20.8 Å². The highest BCUT2D eigenvalue weighted by Gasteiger charge is 2.34. The number of carbonyl (C=O) groups is 1. The molecule has 1 saturated heterocycles. The molecule has 1 heterocycles. The number of cyclic esters (lactones) is 1. The summed E-state index contributed by atoms with van der Waals surface area (Å²) in [5, 5.41) is 0. The maximum atomic E-state index is 11.0. The van der Waals surface area contributed by atoms with Crippen LogP contribution in [-0.4, -0.2) is 12.1 Å². The van der Waals surface area contributed by atoms with Crippen LogP contribution in [0.2, 0.25) is 0 Å². The highest BCUT2D eigenvalue weighted by atomic mass is 16.5. The van der Waals surface area contributed by atoms with Crippen molar-refractivity contribution in [2.75, 3.05) is 0 Å². The van der Waals surface area contributed by atoms with E-state index < -0.39 is 0 Å². The van der Waals surface area contributed by atoms with Crippen LogP contribution in [0.3, 0.4) is 0 Å². The van der Waals surface area contributed by atoms with Crippen LogP contribution in [0.15, 0.2) is 0 Å². The van der Waals surface area contributed by atoms with Gasteiger partial charge in [0.15, 0.2) is 0 Å². The standard InChI is InChI=1S/C11H20O2/c1-5-11(3,4)7-9-6-10(12)13-8(9)2/h8-9H,5-7H2,1-4H3. The Morgan fingerprint density at radius 3 is 2.54 bits per heavy atom. The average molecular weight is 184 g/mol. The van der Waals surface area contributed by atoms with Crippen LogP contribution in [0.25, 0.3) is 0 Å². The number of esters is 1. The summed E-state index contributed by atoms with van der Waals surface area (Å²) < 4.78 is 5.13. The van der Waals surface area contributed by atoms with E-state index in [1.165, 1.54) is 0 Å². The molecule has 2 heteroatoms. The van der Waals surface area contributed by atoms with Crippen molar-refractivity contribution in [3.8, 4) is 0 Å². The van der Waals surface area contributed by atoms with Crippen LogP contribution in [0.5, 0.6) is 0 Å². The highest BCUT2D eigenvalue weighted by molar-refractivity contribution is 5.72. The molecule has 0 radical (unpaired) electrons. The first-order chi connectivity index (χ1) is 5.94. The van der Waals surface area contributed by atoms with Gasteiger partial charge in [0.1, 0.15) is 6.10 Å². The van der Waals surface area contributed by atoms with Crippen molar-refractivity contribution in [2.24, 2.45) is 11.3 Å². The highest BCUT2D eigenvalue weighted by Crippen LogP contribution is 2.35. The van der Waals surface area contributed by atoms with Gasteiger partial charge in [0, 0.05) is 5.92 Å². The quantitative estimate of drug-likeness (QED) is 0.630. The van der Waals surface area contributed by atoms with Gasteiger partial charge in [-0.05, 0) is 18.8 Å². The fourth-order valence-electron chi connectivity index (χ4n) is 1.82. The summed E-state index contributed by atoms with van der Waals surface area (Å²) >= 11 is 0. The summed E-state index contributed by atoms with van der Waals surface area (Å²) in [6.07, 6.45) is 2.99. The maximum Gasteiger partial charge on any atom is 0.306 e. The van der Waals surface area contributed by atoms with Crippen molar-refractivity contribution in [2.45, 2.75) is 53.1 Å². The van der Waals surface area contributed by atoms with Crippen molar-refractivity contribution < 1.29 is 9.53 Å². The normalized spacial score (nSPS) is 29.1. The molecular formula is C11H20O2. The van der Waals surface area contributed by atoms with Crippen LogP contribution >= 0.6 is 0 Å².